The minimum Gasteiger partial charge on any atom is -0.476 e. The Morgan fingerprint density at radius 1 is 1.47 bits per heavy atom. The highest BCUT2D eigenvalue weighted by Crippen LogP contribution is 2.14. The van der Waals surface area contributed by atoms with Gasteiger partial charge in [-0.25, -0.2) is 4.79 Å². The molecule has 5 heteroatoms. The molecule has 0 aromatic carbocycles. The van der Waals surface area contributed by atoms with Gasteiger partial charge in [-0.15, -0.1) is 0 Å². The highest BCUT2D eigenvalue weighted by atomic mass is 16.6. The van der Waals surface area contributed by atoms with Crippen LogP contribution in [0.4, 0.5) is 0 Å². The third kappa shape index (κ3) is 2.97. The molecule has 0 unspecified atom stereocenters. The highest BCUT2D eigenvalue weighted by Gasteiger charge is 2.15. The fourth-order valence-corrected chi connectivity index (χ4v) is 1.08. The monoisotopic (exact) mass is 212 g/mol. The Bertz CT molecular complexity index is 333. The van der Waals surface area contributed by atoms with Crippen molar-refractivity contribution in [2.24, 2.45) is 0 Å². The lowest BCUT2D eigenvalue weighted by molar-refractivity contribution is -0.147. The van der Waals surface area contributed by atoms with E-state index in [1.165, 1.54) is 7.11 Å². The molecule has 0 radical (unpaired) electrons. The molecule has 1 atom stereocenters. The van der Waals surface area contributed by atoms with Crippen molar-refractivity contribution in [2.75, 3.05) is 7.11 Å². The summed E-state index contributed by atoms with van der Waals surface area (Å²) >= 11 is 0. The molecule has 0 aliphatic heterocycles. The summed E-state index contributed by atoms with van der Waals surface area (Å²) in [6, 6.07) is 0.274. The van der Waals surface area contributed by atoms with Crippen LogP contribution in [-0.2, 0) is 9.53 Å². The molecule has 1 aromatic rings. The van der Waals surface area contributed by atoms with E-state index < -0.39 is 12.1 Å². The van der Waals surface area contributed by atoms with Crippen molar-refractivity contribution >= 4 is 5.97 Å². The normalized spacial score (nSPS) is 12.6. The number of esters is 1. The Labute approximate surface area is 89.0 Å². The number of hydrogen-bond acceptors (Lipinski definition) is 4. The third-order valence-corrected chi connectivity index (χ3v) is 1.95. The van der Waals surface area contributed by atoms with Crippen molar-refractivity contribution in [3.8, 4) is 5.75 Å². The Hall–Kier alpha value is -1.52. The van der Waals surface area contributed by atoms with Crippen LogP contribution in [0.1, 0.15) is 26.8 Å². The Morgan fingerprint density at radius 2 is 2.13 bits per heavy atom. The summed E-state index contributed by atoms with van der Waals surface area (Å²) in [5.41, 5.74) is 0. The lowest BCUT2D eigenvalue weighted by Gasteiger charge is -2.10. The number of rotatable bonds is 4. The van der Waals surface area contributed by atoms with Gasteiger partial charge in [0.2, 0.25) is 0 Å². The molecule has 0 aliphatic rings. The maximum atomic E-state index is 11.1. The van der Waals surface area contributed by atoms with Gasteiger partial charge in [0.1, 0.15) is 0 Å². The molecule has 0 spiro atoms. The molecule has 0 saturated carbocycles. The van der Waals surface area contributed by atoms with Gasteiger partial charge in [0.25, 0.3) is 0 Å². The van der Waals surface area contributed by atoms with Crippen LogP contribution in [-0.4, -0.2) is 29.0 Å². The van der Waals surface area contributed by atoms with E-state index in [9.17, 15) is 4.79 Å². The summed E-state index contributed by atoms with van der Waals surface area (Å²) in [7, 11) is 1.33. The molecule has 1 heterocycles. The second kappa shape index (κ2) is 4.82. The van der Waals surface area contributed by atoms with E-state index in [1.54, 1.807) is 24.0 Å². The average Bonchev–Trinajstić information content (AvgIpc) is 2.65. The zero-order valence-corrected chi connectivity index (χ0v) is 9.43. The lowest BCUT2D eigenvalue weighted by Crippen LogP contribution is -2.24. The molecule has 0 aliphatic carbocycles. The highest BCUT2D eigenvalue weighted by molar-refractivity contribution is 5.74. The Kier molecular flexibility index (Phi) is 3.71. The Balaban J connectivity index is 2.61. The van der Waals surface area contributed by atoms with Crippen LogP contribution in [0.2, 0.25) is 0 Å². The van der Waals surface area contributed by atoms with Crippen LogP contribution in [0.25, 0.3) is 0 Å². The minimum absolute atomic E-state index is 0.274. The molecule has 0 saturated heterocycles. The minimum atomic E-state index is -0.611. The largest absolute Gasteiger partial charge is 0.476 e. The number of hydrogen-bond donors (Lipinski definition) is 0. The van der Waals surface area contributed by atoms with Gasteiger partial charge in [0.15, 0.2) is 11.9 Å². The summed E-state index contributed by atoms with van der Waals surface area (Å²) in [4.78, 5) is 11.1. The molecule has 0 bridgehead atoms. The van der Waals surface area contributed by atoms with Gasteiger partial charge in [-0.1, -0.05) is 0 Å². The molecule has 1 aromatic heterocycles. The van der Waals surface area contributed by atoms with Crippen molar-refractivity contribution in [1.29, 1.82) is 0 Å². The molecular weight excluding hydrogens is 196 g/mol. The molecule has 0 amide bonds. The van der Waals surface area contributed by atoms with Crippen LogP contribution < -0.4 is 4.74 Å². The van der Waals surface area contributed by atoms with E-state index in [0.29, 0.717) is 5.75 Å². The lowest BCUT2D eigenvalue weighted by atomic mass is 10.4. The molecule has 5 nitrogen and oxygen atoms in total. The van der Waals surface area contributed by atoms with Crippen molar-refractivity contribution in [3.05, 3.63) is 12.4 Å². The number of methoxy groups -OCH3 is 1. The van der Waals surface area contributed by atoms with Gasteiger partial charge < -0.3 is 9.47 Å². The summed E-state index contributed by atoms with van der Waals surface area (Å²) < 4.78 is 11.7. The standard InChI is InChI=1S/C10H16N2O3/c1-7(2)12-6-9(5-11-12)15-8(3)10(13)14-4/h5-8H,1-4H3/t8-/m1/s1. The average molecular weight is 212 g/mol. The van der Waals surface area contributed by atoms with E-state index in [2.05, 4.69) is 9.84 Å². The molecule has 1 rings (SSSR count). The maximum absolute atomic E-state index is 11.1. The molecule has 15 heavy (non-hydrogen) atoms. The topological polar surface area (TPSA) is 53.4 Å². The van der Waals surface area contributed by atoms with Crippen molar-refractivity contribution in [2.45, 2.75) is 32.9 Å². The first-order valence-corrected chi connectivity index (χ1v) is 4.83. The second-order valence-corrected chi connectivity index (χ2v) is 3.53. The summed E-state index contributed by atoms with van der Waals surface area (Å²) in [6.45, 7) is 5.67. The quantitative estimate of drug-likeness (QED) is 0.708. The third-order valence-electron chi connectivity index (χ3n) is 1.95. The molecule has 0 fully saturated rings. The van der Waals surface area contributed by atoms with E-state index in [0.717, 1.165) is 0 Å². The van der Waals surface area contributed by atoms with Crippen LogP contribution in [0.5, 0.6) is 5.75 Å². The van der Waals surface area contributed by atoms with Gasteiger partial charge in [-0.05, 0) is 20.8 Å². The van der Waals surface area contributed by atoms with Gasteiger partial charge >= 0.3 is 5.97 Å². The molecule has 0 N–H and O–H groups in total. The Morgan fingerprint density at radius 3 is 2.60 bits per heavy atom. The zero-order valence-electron chi connectivity index (χ0n) is 9.43. The van der Waals surface area contributed by atoms with Crippen LogP contribution in [0.3, 0.4) is 0 Å². The fourth-order valence-electron chi connectivity index (χ4n) is 1.08. The first-order chi connectivity index (χ1) is 7.04. The smallest absolute Gasteiger partial charge is 0.346 e. The number of nitrogens with zero attached hydrogens (tertiary/aromatic N) is 2. The van der Waals surface area contributed by atoms with E-state index in [4.69, 9.17) is 4.74 Å². The van der Waals surface area contributed by atoms with Gasteiger partial charge in [0.05, 0.1) is 19.5 Å². The first-order valence-electron chi connectivity index (χ1n) is 4.83. The van der Waals surface area contributed by atoms with Crippen LogP contribution in [0.15, 0.2) is 12.4 Å². The van der Waals surface area contributed by atoms with Crippen LogP contribution in [0, 0.1) is 0 Å². The first kappa shape index (κ1) is 11.6. The predicted octanol–water partition coefficient (Wildman–Crippen LogP) is 1.40. The van der Waals surface area contributed by atoms with E-state index in [-0.39, 0.29) is 6.04 Å². The summed E-state index contributed by atoms with van der Waals surface area (Å²) in [5, 5.41) is 4.09. The van der Waals surface area contributed by atoms with Crippen molar-refractivity contribution in [1.82, 2.24) is 9.78 Å². The van der Waals surface area contributed by atoms with Gasteiger partial charge in [-0.3, -0.25) is 4.68 Å². The maximum Gasteiger partial charge on any atom is 0.346 e. The van der Waals surface area contributed by atoms with E-state index >= 15 is 0 Å². The van der Waals surface area contributed by atoms with Crippen molar-refractivity contribution < 1.29 is 14.3 Å². The second-order valence-electron chi connectivity index (χ2n) is 3.53. The summed E-state index contributed by atoms with van der Waals surface area (Å²) in [5.74, 6) is 0.175. The SMILES string of the molecule is COC(=O)[C@@H](C)Oc1cnn(C(C)C)c1. The van der Waals surface area contributed by atoms with Crippen LogP contribution >= 0.6 is 0 Å². The molecular formula is C10H16N2O3. The van der Waals surface area contributed by atoms with Gasteiger partial charge in [-0.2, -0.15) is 5.10 Å². The number of aromatic nitrogens is 2. The zero-order chi connectivity index (χ0) is 11.4. The number of carbonyl (C=O) groups is 1. The predicted molar refractivity (Wildman–Crippen MR) is 54.7 cm³/mol. The number of ether oxygens (including phenoxy) is 2. The van der Waals surface area contributed by atoms with Crippen molar-refractivity contribution in [3.63, 3.8) is 0 Å². The fraction of sp³-hybridized carbons (Fsp3) is 0.600. The van der Waals surface area contributed by atoms with Gasteiger partial charge in [0, 0.05) is 6.04 Å². The summed E-state index contributed by atoms with van der Waals surface area (Å²) in [6.07, 6.45) is 2.73. The molecule has 84 valence electrons. The van der Waals surface area contributed by atoms with E-state index in [1.807, 2.05) is 13.8 Å². The number of carbonyl (C=O) groups excluding carboxylic acids is 1.